The van der Waals surface area contributed by atoms with Crippen LogP contribution in [-0.4, -0.2) is 40.0 Å². The van der Waals surface area contributed by atoms with E-state index in [1.165, 1.54) is 0 Å². The third-order valence-corrected chi connectivity index (χ3v) is 3.77. The van der Waals surface area contributed by atoms with Gasteiger partial charge < -0.3 is 19.4 Å². The number of H-pyrrole nitrogens is 1. The Kier molecular flexibility index (Phi) is 4.80. The lowest BCUT2D eigenvalue weighted by atomic mass is 10.2. The van der Waals surface area contributed by atoms with Crippen LogP contribution in [0.2, 0.25) is 0 Å². The second-order valence-electron chi connectivity index (χ2n) is 5.51. The molecule has 1 aliphatic rings. The number of hydrogen-bond acceptors (Lipinski definition) is 4. The van der Waals surface area contributed by atoms with Crippen molar-refractivity contribution in [3.05, 3.63) is 42.5 Å². The predicted molar refractivity (Wildman–Crippen MR) is 85.3 cm³/mol. The molecule has 0 saturated heterocycles. The van der Waals surface area contributed by atoms with Gasteiger partial charge in [-0.15, -0.1) is 0 Å². The van der Waals surface area contributed by atoms with Crippen molar-refractivity contribution in [1.29, 1.82) is 0 Å². The molecule has 0 bridgehead atoms. The van der Waals surface area contributed by atoms with E-state index in [4.69, 9.17) is 9.47 Å². The molecule has 23 heavy (non-hydrogen) atoms. The van der Waals surface area contributed by atoms with Crippen LogP contribution in [0.4, 0.5) is 0 Å². The number of aromatic nitrogens is 2. The summed E-state index contributed by atoms with van der Waals surface area (Å²) in [6, 6.07) is 7.41. The van der Waals surface area contributed by atoms with Crippen LogP contribution in [0.15, 0.2) is 36.7 Å². The fourth-order valence-corrected chi connectivity index (χ4v) is 2.53. The molecule has 6 heteroatoms. The molecule has 0 aliphatic carbocycles. The molecule has 3 rings (SSSR count). The summed E-state index contributed by atoms with van der Waals surface area (Å²) in [6.45, 7) is 3.47. The Morgan fingerprint density at radius 3 is 2.96 bits per heavy atom. The highest BCUT2D eigenvalue weighted by molar-refractivity contribution is 5.81. The Labute approximate surface area is 135 Å². The van der Waals surface area contributed by atoms with Gasteiger partial charge in [0.05, 0.1) is 6.54 Å². The monoisotopic (exact) mass is 315 g/mol. The summed E-state index contributed by atoms with van der Waals surface area (Å²) in [4.78, 5) is 21.8. The highest BCUT2D eigenvalue weighted by atomic mass is 16.6. The van der Waals surface area contributed by atoms with Crippen LogP contribution in [0, 0.1) is 0 Å². The van der Waals surface area contributed by atoms with Gasteiger partial charge in [0.2, 0.25) is 6.10 Å². The summed E-state index contributed by atoms with van der Waals surface area (Å²) < 4.78 is 11.5. The van der Waals surface area contributed by atoms with Crippen LogP contribution in [0.1, 0.15) is 25.6 Å². The van der Waals surface area contributed by atoms with Gasteiger partial charge in [-0.05, 0) is 18.6 Å². The molecular formula is C17H21N3O3. The average molecular weight is 315 g/mol. The summed E-state index contributed by atoms with van der Waals surface area (Å²) in [6.07, 6.45) is 4.79. The van der Waals surface area contributed by atoms with Gasteiger partial charge >= 0.3 is 0 Å². The molecule has 0 fully saturated rings. The lowest BCUT2D eigenvalue weighted by Gasteiger charge is -2.30. The second kappa shape index (κ2) is 7.17. The first-order valence-electron chi connectivity index (χ1n) is 7.93. The molecule has 122 valence electrons. The molecule has 1 aromatic heterocycles. The number of nitrogens with one attached hydrogen (secondary N) is 1. The molecule has 1 aliphatic heterocycles. The molecule has 0 spiro atoms. The number of hydrogen-bond donors (Lipinski definition) is 1. The Morgan fingerprint density at radius 2 is 2.22 bits per heavy atom. The number of carbonyl (C=O) groups excluding carboxylic acids is 1. The van der Waals surface area contributed by atoms with Gasteiger partial charge in [-0.3, -0.25) is 4.79 Å². The Morgan fingerprint density at radius 1 is 1.39 bits per heavy atom. The van der Waals surface area contributed by atoms with E-state index in [1.807, 2.05) is 24.3 Å². The molecule has 1 N–H and O–H groups in total. The van der Waals surface area contributed by atoms with Crippen LogP contribution in [-0.2, 0) is 11.3 Å². The first-order valence-corrected chi connectivity index (χ1v) is 7.93. The number of carbonyl (C=O) groups is 1. The Bertz CT molecular complexity index is 642. The van der Waals surface area contributed by atoms with Crippen molar-refractivity contribution >= 4 is 5.91 Å². The third-order valence-electron chi connectivity index (χ3n) is 3.77. The highest BCUT2D eigenvalue weighted by Gasteiger charge is 2.31. The van der Waals surface area contributed by atoms with E-state index in [2.05, 4.69) is 16.9 Å². The number of ether oxygens (including phenoxy) is 2. The largest absolute Gasteiger partial charge is 0.485 e. The van der Waals surface area contributed by atoms with Gasteiger partial charge in [0, 0.05) is 18.9 Å². The van der Waals surface area contributed by atoms with Gasteiger partial charge in [0.15, 0.2) is 11.5 Å². The molecule has 2 aromatic rings. The number of benzene rings is 1. The zero-order valence-electron chi connectivity index (χ0n) is 13.2. The number of para-hydroxylation sites is 2. The zero-order valence-corrected chi connectivity index (χ0v) is 13.2. The molecule has 1 aromatic carbocycles. The number of imidazole rings is 1. The SMILES string of the molecule is CCCCN(Cc1ncc[nH]1)C(=O)[C@H]1COc2ccccc2O1. The van der Waals surface area contributed by atoms with E-state index in [0.29, 0.717) is 24.6 Å². The van der Waals surface area contributed by atoms with E-state index in [9.17, 15) is 4.79 Å². The summed E-state index contributed by atoms with van der Waals surface area (Å²) >= 11 is 0. The van der Waals surface area contributed by atoms with Gasteiger partial charge in [-0.25, -0.2) is 4.98 Å². The molecule has 0 radical (unpaired) electrons. The third kappa shape index (κ3) is 3.64. The van der Waals surface area contributed by atoms with Crippen molar-refractivity contribution < 1.29 is 14.3 Å². The van der Waals surface area contributed by atoms with E-state index < -0.39 is 6.10 Å². The molecular weight excluding hydrogens is 294 g/mol. The molecule has 1 atom stereocenters. The molecule has 2 heterocycles. The highest BCUT2D eigenvalue weighted by Crippen LogP contribution is 2.31. The van der Waals surface area contributed by atoms with Crippen LogP contribution < -0.4 is 9.47 Å². The number of nitrogens with zero attached hydrogens (tertiary/aromatic N) is 2. The van der Waals surface area contributed by atoms with E-state index in [-0.39, 0.29) is 12.5 Å². The molecule has 6 nitrogen and oxygen atoms in total. The van der Waals surface area contributed by atoms with Gasteiger partial charge in [0.25, 0.3) is 5.91 Å². The van der Waals surface area contributed by atoms with Crippen molar-refractivity contribution in [2.75, 3.05) is 13.2 Å². The number of unbranched alkanes of at least 4 members (excludes halogenated alkanes) is 1. The molecule has 0 saturated carbocycles. The number of amides is 1. The predicted octanol–water partition coefficient (Wildman–Crippen LogP) is 2.38. The van der Waals surface area contributed by atoms with Crippen molar-refractivity contribution in [2.24, 2.45) is 0 Å². The van der Waals surface area contributed by atoms with Crippen molar-refractivity contribution in [2.45, 2.75) is 32.4 Å². The van der Waals surface area contributed by atoms with Crippen LogP contribution in [0.5, 0.6) is 11.5 Å². The summed E-state index contributed by atoms with van der Waals surface area (Å²) in [7, 11) is 0. The zero-order chi connectivity index (χ0) is 16.1. The maximum atomic E-state index is 12.8. The quantitative estimate of drug-likeness (QED) is 0.889. The van der Waals surface area contributed by atoms with E-state index in [1.54, 1.807) is 17.3 Å². The van der Waals surface area contributed by atoms with Crippen molar-refractivity contribution in [3.8, 4) is 11.5 Å². The molecule has 1 amide bonds. The van der Waals surface area contributed by atoms with Gasteiger partial charge in [0.1, 0.15) is 12.4 Å². The fourth-order valence-electron chi connectivity index (χ4n) is 2.53. The molecule has 0 unspecified atom stereocenters. The minimum Gasteiger partial charge on any atom is -0.485 e. The Balaban J connectivity index is 1.70. The minimum absolute atomic E-state index is 0.0654. The standard InChI is InChI=1S/C17H21N3O3/c1-2-3-10-20(11-16-18-8-9-19-16)17(21)15-12-22-13-6-4-5-7-14(13)23-15/h4-9,15H,2-3,10-12H2,1H3,(H,18,19)/t15-/m1/s1. The van der Waals surface area contributed by atoms with Gasteiger partial charge in [-0.2, -0.15) is 0 Å². The van der Waals surface area contributed by atoms with Crippen molar-refractivity contribution in [3.63, 3.8) is 0 Å². The smallest absolute Gasteiger partial charge is 0.267 e. The summed E-state index contributed by atoms with van der Waals surface area (Å²) in [5, 5.41) is 0. The number of aromatic amines is 1. The average Bonchev–Trinajstić information content (AvgIpc) is 3.10. The fraction of sp³-hybridized carbons (Fsp3) is 0.412. The lowest BCUT2D eigenvalue weighted by Crippen LogP contribution is -2.46. The normalized spacial score (nSPS) is 16.1. The summed E-state index contributed by atoms with van der Waals surface area (Å²) in [5.41, 5.74) is 0. The Hall–Kier alpha value is -2.50. The topological polar surface area (TPSA) is 67.5 Å². The van der Waals surface area contributed by atoms with Gasteiger partial charge in [-0.1, -0.05) is 25.5 Å². The van der Waals surface area contributed by atoms with Crippen molar-refractivity contribution in [1.82, 2.24) is 14.9 Å². The first-order chi connectivity index (χ1) is 11.3. The summed E-state index contributed by atoms with van der Waals surface area (Å²) in [5.74, 6) is 2.00. The number of rotatable bonds is 6. The number of fused-ring (bicyclic) bond motifs is 1. The lowest BCUT2D eigenvalue weighted by molar-refractivity contribution is -0.142. The van der Waals surface area contributed by atoms with Crippen LogP contribution in [0.3, 0.4) is 0 Å². The van der Waals surface area contributed by atoms with Crippen LogP contribution in [0.25, 0.3) is 0 Å². The maximum absolute atomic E-state index is 12.8. The van der Waals surface area contributed by atoms with Crippen LogP contribution >= 0.6 is 0 Å². The van der Waals surface area contributed by atoms with E-state index >= 15 is 0 Å². The maximum Gasteiger partial charge on any atom is 0.267 e. The second-order valence-corrected chi connectivity index (χ2v) is 5.51. The first kappa shape index (κ1) is 15.4. The van der Waals surface area contributed by atoms with E-state index in [0.717, 1.165) is 18.7 Å². The minimum atomic E-state index is -0.614.